The van der Waals surface area contributed by atoms with E-state index in [9.17, 15) is 32.7 Å². The van der Waals surface area contributed by atoms with Crippen molar-refractivity contribution in [2.45, 2.75) is 213 Å². The number of alkyl carbamates (subject to hydrolysis) is 4. The Kier molecular flexibility index (Phi) is 30.2. The van der Waals surface area contributed by atoms with Crippen molar-refractivity contribution in [1.29, 1.82) is 0 Å². The van der Waals surface area contributed by atoms with E-state index in [-0.39, 0.29) is 70.2 Å². The number of nitrogens with zero attached hydrogens (tertiary/aromatic N) is 1. The van der Waals surface area contributed by atoms with Crippen LogP contribution in [0.25, 0.3) is 0 Å². The molecule has 1 aliphatic carbocycles. The van der Waals surface area contributed by atoms with E-state index in [0.29, 0.717) is 38.2 Å². The fourth-order valence-corrected chi connectivity index (χ4v) is 28.2. The molecule has 28 nitrogen and oxygen atoms in total. The van der Waals surface area contributed by atoms with E-state index in [0.717, 1.165) is 15.9 Å². The second-order valence-corrected chi connectivity index (χ2v) is 45.9. The first kappa shape index (κ1) is 94.7. The fourth-order valence-electron chi connectivity index (χ4n) is 19.0. The Morgan fingerprint density at radius 1 is 0.496 bits per heavy atom. The van der Waals surface area contributed by atoms with Crippen molar-refractivity contribution in [1.82, 2.24) is 26.2 Å². The SMILES string of the molecule is Cc1ccc(S(=O)(=O)OC[C@@H]2CC[C@@H](NC(=O)OCc3ccccc3)[C@@H](O[C@H]3[C@H](O[C@@H]4O[C@H](CO[Si](c5ccccc5)(c5ccccc5)C(C)(C)C)[C@@H](O[C@H]5O[C@H]6CN(C(=O)OCc7ccccc7)C(c7ccccc7)O[C@H]6[C@H](O)[C@H]5NC(=O)OCc5ccccc5)[C@H]4CC(C)(C)[Si](O)(c4ccccc4)c4ccccc4)[C@H]4OC(=O)N[C@@H]4C[C@@H]3NC(=O)OCc3ccccc3)O2)cc1. The second kappa shape index (κ2) is 42.4. The van der Waals surface area contributed by atoms with Crippen LogP contribution in [0.4, 0.5) is 24.0 Å². The Bertz CT molecular complexity index is 5530. The summed E-state index contributed by atoms with van der Waals surface area (Å²) in [6.07, 6.45) is -23.4. The summed E-state index contributed by atoms with van der Waals surface area (Å²) in [4.78, 5) is 89.9. The van der Waals surface area contributed by atoms with Gasteiger partial charge in [0.1, 0.15) is 69.1 Å². The number of carbonyl (C=O) groups is 5. The van der Waals surface area contributed by atoms with E-state index >= 15 is 9.59 Å². The van der Waals surface area contributed by atoms with E-state index in [4.69, 9.17) is 65.5 Å². The number of carbonyl (C=O) groups excluding carboxylic acids is 5. The van der Waals surface area contributed by atoms with Crippen molar-refractivity contribution in [3.8, 4) is 0 Å². The third kappa shape index (κ3) is 22.1. The molecule has 5 aliphatic heterocycles. The number of aliphatic hydroxyl groups is 1. The molecule has 6 aliphatic rings. The zero-order valence-corrected chi connectivity index (χ0v) is 77.6. The van der Waals surface area contributed by atoms with Gasteiger partial charge in [-0.25, -0.2) is 24.0 Å². The molecule has 5 heterocycles. The summed E-state index contributed by atoms with van der Waals surface area (Å²) in [5.74, 6) is -1.22. The molecule has 133 heavy (non-hydrogen) atoms. The van der Waals surface area contributed by atoms with Gasteiger partial charge in [0.15, 0.2) is 31.2 Å². The third-order valence-corrected chi connectivity index (χ3v) is 36.5. The number of ether oxygens (including phenoxy) is 12. The minimum atomic E-state index is -4.42. The molecule has 10 aromatic carbocycles. The lowest BCUT2D eigenvalue weighted by molar-refractivity contribution is -0.321. The van der Waals surface area contributed by atoms with Gasteiger partial charge < -0.3 is 92.4 Å². The molecule has 10 aromatic rings. The van der Waals surface area contributed by atoms with E-state index < -0.39 is 184 Å². The van der Waals surface area contributed by atoms with Gasteiger partial charge in [-0.1, -0.05) is 325 Å². The molecule has 1 saturated carbocycles. The zero-order chi connectivity index (χ0) is 92.9. The minimum Gasteiger partial charge on any atom is -0.445 e. The molecule has 16 rings (SSSR count). The van der Waals surface area contributed by atoms with Crippen LogP contribution < -0.4 is 42.0 Å². The van der Waals surface area contributed by atoms with Crippen molar-refractivity contribution in [3.05, 3.63) is 331 Å². The Balaban J connectivity index is 0.853. The molecule has 0 bridgehead atoms. The van der Waals surface area contributed by atoms with Crippen LogP contribution >= 0.6 is 0 Å². The maximum atomic E-state index is 15.1. The van der Waals surface area contributed by atoms with Crippen molar-refractivity contribution >= 4 is 78.0 Å². The topological polar surface area (TPSA) is 341 Å². The summed E-state index contributed by atoms with van der Waals surface area (Å²) in [6.45, 7) is 10.4. The molecule has 5 amide bonds. The van der Waals surface area contributed by atoms with Gasteiger partial charge in [0.2, 0.25) is 0 Å². The second-order valence-electron chi connectivity index (χ2n) is 36.1. The largest absolute Gasteiger partial charge is 0.445 e. The molecule has 6 N–H and O–H groups in total. The van der Waals surface area contributed by atoms with Crippen LogP contribution in [0.3, 0.4) is 0 Å². The van der Waals surface area contributed by atoms with Gasteiger partial charge in [-0.3, -0.25) is 9.08 Å². The number of nitrogens with one attached hydrogen (secondary N) is 4. The molecular weight excluding hydrogens is 1750 g/mol. The molecule has 6 fully saturated rings. The number of amides is 5. The maximum Gasteiger partial charge on any atom is 0.412 e. The summed E-state index contributed by atoms with van der Waals surface area (Å²) in [5, 5.41) is 26.7. The van der Waals surface area contributed by atoms with Crippen molar-refractivity contribution in [3.63, 3.8) is 0 Å². The van der Waals surface area contributed by atoms with E-state index in [2.05, 4.69) is 42.0 Å². The zero-order valence-electron chi connectivity index (χ0n) is 74.8. The highest BCUT2D eigenvalue weighted by Crippen LogP contribution is 2.51. The average molecular weight is 1870 g/mol. The first-order chi connectivity index (χ1) is 64.3. The van der Waals surface area contributed by atoms with Crippen molar-refractivity contribution in [2.75, 3.05) is 19.8 Å². The molecule has 18 atom stereocenters. The van der Waals surface area contributed by atoms with Gasteiger partial charge in [0.25, 0.3) is 26.8 Å². The van der Waals surface area contributed by atoms with Gasteiger partial charge in [-0.2, -0.15) is 8.42 Å². The maximum absolute atomic E-state index is 15.1. The highest BCUT2D eigenvalue weighted by Gasteiger charge is 2.63. The van der Waals surface area contributed by atoms with Gasteiger partial charge >= 0.3 is 30.5 Å². The average Bonchev–Trinajstić information content (AvgIpc) is 1.44. The number of aliphatic hydroxyl groups excluding tert-OH is 1. The lowest BCUT2D eigenvalue weighted by Gasteiger charge is -2.51. The number of rotatable bonds is 32. The van der Waals surface area contributed by atoms with Gasteiger partial charge in [-0.05, 0) is 97.8 Å². The lowest BCUT2D eigenvalue weighted by atomic mass is 9.83. The molecular formula is C102H113N5O23SSi2. The predicted molar refractivity (Wildman–Crippen MR) is 496 cm³/mol. The molecule has 1 unspecified atom stereocenters. The molecule has 0 aromatic heterocycles. The van der Waals surface area contributed by atoms with Gasteiger partial charge in [0.05, 0.1) is 55.0 Å². The third-order valence-electron chi connectivity index (χ3n) is 25.7. The monoisotopic (exact) mass is 1860 g/mol. The first-order valence-electron chi connectivity index (χ1n) is 45.0. The summed E-state index contributed by atoms with van der Waals surface area (Å²) < 4.78 is 125. The summed E-state index contributed by atoms with van der Waals surface area (Å²) in [6, 6.07) is 85.1. The Hall–Kier alpha value is -11.5. The van der Waals surface area contributed by atoms with Crippen LogP contribution in [0.2, 0.25) is 10.1 Å². The van der Waals surface area contributed by atoms with Crippen LogP contribution in [0, 0.1) is 12.8 Å². The van der Waals surface area contributed by atoms with Crippen molar-refractivity contribution in [2.24, 2.45) is 5.92 Å². The van der Waals surface area contributed by atoms with E-state index in [1.807, 2.05) is 209 Å². The molecule has 0 radical (unpaired) electrons. The highest BCUT2D eigenvalue weighted by atomic mass is 32.2. The van der Waals surface area contributed by atoms with Crippen LogP contribution in [-0.2, 0) is 102 Å². The van der Waals surface area contributed by atoms with Crippen LogP contribution in [-0.4, -0.2) is 188 Å². The summed E-state index contributed by atoms with van der Waals surface area (Å²) in [5.41, 5.74) is 4.04. The summed E-state index contributed by atoms with van der Waals surface area (Å²) in [7, 11) is -12.3. The molecule has 31 heteroatoms. The van der Waals surface area contributed by atoms with E-state index in [1.54, 1.807) is 97.1 Å². The first-order valence-corrected chi connectivity index (χ1v) is 50.3. The Labute approximate surface area is 776 Å². The predicted octanol–water partition coefficient (Wildman–Crippen LogP) is 12.8. The standard InChI is InChI=1S/C102H113N5O23SSi2/c1-67-52-55-74(56-53-67)131(114,115)121-65-73-54-57-80(103-96(109)117-61-68-34-16-7-17-35-68)94(123-73)128-88-81(104-97(110)118-62-69-36-18-8-19-37-69)58-82-89(130-99(112)105-82)91(88)129-93-79(59-102(5,6)132(116,75-44-26-12-27-45-75)76-46-28-13-29-47-76)87(84(125-93)66-122-133(101(2,3)4,77-48-30-14-31-49-77)78-50-32-15-33-51-78)127-95-85(106-98(111)119-63-70-38-20-9-21-39-70)86(108)90-83(124-95)60-107(92(126-90)72-42-24-11-25-43-72)100(113)120-64-71-40-22-10-23-41-71/h7-53,55-56,73,79-95,108,116H,54,57-66H2,1-6H3,(H,103,109)(H,104,110)(H,105,112)(H,106,111)/t73-,79+,80+,81-,82+,83-,84+,85+,86+,87-,88+,89-,90+,91-,92?,93-,94+,95+/m0/s1. The van der Waals surface area contributed by atoms with Crippen LogP contribution in [0.5, 0.6) is 0 Å². The number of fused-ring (bicyclic) bond motifs is 2. The Morgan fingerprint density at radius 2 is 0.955 bits per heavy atom. The quantitative estimate of drug-likeness (QED) is 0.0130. The van der Waals surface area contributed by atoms with Gasteiger partial charge in [-0.15, -0.1) is 0 Å². The van der Waals surface area contributed by atoms with Crippen molar-refractivity contribution < 1.29 is 108 Å². The van der Waals surface area contributed by atoms with Crippen LogP contribution in [0.15, 0.2) is 302 Å². The summed E-state index contributed by atoms with van der Waals surface area (Å²) >= 11 is 0. The molecule has 0 spiro atoms. The number of aryl methyl sites for hydroxylation is 1. The van der Waals surface area contributed by atoms with Crippen LogP contribution in [0.1, 0.15) is 99.9 Å². The minimum absolute atomic E-state index is 0.0581. The highest BCUT2D eigenvalue weighted by molar-refractivity contribution is 7.86. The molecule has 698 valence electrons. The lowest BCUT2D eigenvalue weighted by Crippen LogP contribution is -2.70. The van der Waals surface area contributed by atoms with Gasteiger partial charge in [0, 0.05) is 11.5 Å². The normalized spacial score (nSPS) is 25.4. The number of benzene rings is 10. The Morgan fingerprint density at radius 3 is 1.47 bits per heavy atom. The smallest absolute Gasteiger partial charge is 0.412 e. The number of hydrogen-bond acceptors (Lipinski definition) is 23. The number of hydrogen-bond donors (Lipinski definition) is 6. The molecule has 5 saturated heterocycles. The fraction of sp³-hybridized carbons (Fsp3) is 0.363. The van der Waals surface area contributed by atoms with E-state index in [1.165, 1.54) is 17.0 Å².